The van der Waals surface area contributed by atoms with Crippen LogP contribution in [0.3, 0.4) is 0 Å². The van der Waals surface area contributed by atoms with Crippen LogP contribution in [0.5, 0.6) is 0 Å². The molecule has 0 saturated carbocycles. The van der Waals surface area contributed by atoms with Gasteiger partial charge in [0, 0.05) is 51.1 Å². The smallest absolute Gasteiger partial charge is 0.279 e. The Kier molecular flexibility index (Phi) is 12.4. The highest BCUT2D eigenvalue weighted by Gasteiger charge is 2.48. The van der Waals surface area contributed by atoms with Gasteiger partial charge in [0.1, 0.15) is 0 Å². The molecule has 0 N–H and O–H groups in total. The van der Waals surface area contributed by atoms with Crippen molar-refractivity contribution in [1.29, 1.82) is 0 Å². The summed E-state index contributed by atoms with van der Waals surface area (Å²) in [6, 6.07) is 67.6. The third-order valence-electron chi connectivity index (χ3n) is 15.9. The highest BCUT2D eigenvalue weighted by Crippen LogP contribution is 2.49. The van der Waals surface area contributed by atoms with Crippen molar-refractivity contribution < 1.29 is 4.42 Å². The standard InChI is InChI=1S/C71H75BN4O/c1-67(2,3)49-32-30-47(31-33-49)46-26-28-48(29-27-46)65-73-64-66(77-65)76(58-41-51(69(7,8)9)40-52(42-58)70(10,11)12)62-44-53(71(13,14)15)43-61-63(62)72(64)59-39-38-57(74(54-22-18-16-19-23-54)55-24-20-17-21-25-55)45-60(59)75(61)56-36-34-50(35-37-56)68(4,5)6/h16-45H,1-15H3. The van der Waals surface area contributed by atoms with E-state index in [2.05, 4.69) is 301 Å². The number of rotatable bonds is 7. The maximum absolute atomic E-state index is 7.43. The molecule has 0 aliphatic carbocycles. The Morgan fingerprint density at radius 2 is 0.818 bits per heavy atom. The molecule has 0 atom stereocenters. The molecule has 0 unspecified atom stereocenters. The Hall–Kier alpha value is -7.57. The van der Waals surface area contributed by atoms with Crippen molar-refractivity contribution in [3.63, 3.8) is 0 Å². The topological polar surface area (TPSA) is 35.8 Å². The van der Waals surface area contributed by atoms with Gasteiger partial charge in [-0.2, -0.15) is 0 Å². The van der Waals surface area contributed by atoms with Crippen molar-refractivity contribution in [2.75, 3.05) is 14.7 Å². The molecule has 2 aliphatic rings. The predicted octanol–water partition coefficient (Wildman–Crippen LogP) is 18.0. The molecule has 0 saturated heterocycles. The summed E-state index contributed by atoms with van der Waals surface area (Å²) >= 11 is 0. The van der Waals surface area contributed by atoms with Gasteiger partial charge >= 0.3 is 0 Å². The van der Waals surface area contributed by atoms with E-state index in [9.17, 15) is 0 Å². The quantitative estimate of drug-likeness (QED) is 0.149. The highest BCUT2D eigenvalue weighted by atomic mass is 16.4. The minimum atomic E-state index is -0.262. The van der Waals surface area contributed by atoms with Gasteiger partial charge in [-0.1, -0.05) is 201 Å². The first-order valence-corrected chi connectivity index (χ1v) is 27.6. The normalized spacial score (nSPS) is 13.6. The van der Waals surface area contributed by atoms with Crippen LogP contribution in [0.2, 0.25) is 0 Å². The molecule has 0 bridgehead atoms. The molecule has 1 aromatic heterocycles. The summed E-state index contributed by atoms with van der Waals surface area (Å²) < 4.78 is 7.43. The Bertz CT molecular complexity index is 3560. The summed E-state index contributed by atoms with van der Waals surface area (Å²) in [7, 11) is 0. The van der Waals surface area contributed by atoms with E-state index in [1.807, 2.05) is 0 Å². The molecule has 5 nitrogen and oxygen atoms in total. The van der Waals surface area contributed by atoms with Crippen LogP contribution >= 0.6 is 0 Å². The maximum Gasteiger partial charge on any atom is 0.279 e. The van der Waals surface area contributed by atoms with Crippen molar-refractivity contribution in [3.8, 4) is 22.6 Å². The van der Waals surface area contributed by atoms with Crippen LogP contribution in [-0.2, 0) is 27.1 Å². The number of benzene rings is 8. The minimum absolute atomic E-state index is 0.0130. The molecule has 6 heteroatoms. The molecular formula is C71H75BN4O. The molecule has 11 rings (SSSR count). The zero-order chi connectivity index (χ0) is 54.6. The summed E-state index contributed by atoms with van der Waals surface area (Å²) in [6.07, 6.45) is 0. The van der Waals surface area contributed by atoms with Gasteiger partial charge in [0.15, 0.2) is 0 Å². The Morgan fingerprint density at radius 3 is 1.31 bits per heavy atom. The van der Waals surface area contributed by atoms with E-state index >= 15 is 0 Å². The first-order chi connectivity index (χ1) is 36.3. The second kappa shape index (κ2) is 18.6. The largest absolute Gasteiger partial charge is 0.420 e. The lowest BCUT2D eigenvalue weighted by Crippen LogP contribution is -2.61. The van der Waals surface area contributed by atoms with Crippen molar-refractivity contribution in [1.82, 2.24) is 4.98 Å². The van der Waals surface area contributed by atoms with Crippen LogP contribution in [0.4, 0.5) is 51.4 Å². The molecule has 2 aliphatic heterocycles. The number of para-hydroxylation sites is 2. The Labute approximate surface area is 459 Å². The third kappa shape index (κ3) is 9.59. The monoisotopic (exact) mass is 1010 g/mol. The van der Waals surface area contributed by atoms with Crippen LogP contribution < -0.4 is 31.2 Å². The van der Waals surface area contributed by atoms with Gasteiger partial charge in [0.25, 0.3) is 6.71 Å². The lowest BCUT2D eigenvalue weighted by atomic mass is 9.35. The van der Waals surface area contributed by atoms with Gasteiger partial charge in [-0.05, 0) is 162 Å². The molecule has 0 fully saturated rings. The fourth-order valence-electron chi connectivity index (χ4n) is 11.1. The van der Waals surface area contributed by atoms with E-state index in [-0.39, 0.29) is 33.8 Å². The lowest BCUT2D eigenvalue weighted by molar-refractivity contribution is 0.566. The van der Waals surface area contributed by atoms with Gasteiger partial charge in [-0.25, -0.2) is 4.98 Å². The third-order valence-corrected chi connectivity index (χ3v) is 15.9. The molecule has 8 aromatic carbocycles. The molecule has 9 aromatic rings. The number of oxazole rings is 1. The van der Waals surface area contributed by atoms with Crippen LogP contribution in [0.15, 0.2) is 186 Å². The van der Waals surface area contributed by atoms with Gasteiger partial charge in [-0.15, -0.1) is 0 Å². The molecule has 0 spiro atoms. The SMILES string of the molecule is CC(C)(C)c1ccc(-c2ccc(-c3nc4c(o3)N(c3cc(C(C)(C)C)cc(C(C)(C)C)c3)c3cc(C(C)(C)C)cc5c3B4c3ccc(N(c4ccccc4)c4ccccc4)cc3N5c3ccc(C(C)(C)C)cc3)cc2)cc1. The minimum Gasteiger partial charge on any atom is -0.420 e. The maximum atomic E-state index is 7.43. The summed E-state index contributed by atoms with van der Waals surface area (Å²) in [5.74, 6) is 1.34. The van der Waals surface area contributed by atoms with Crippen molar-refractivity contribution in [2.45, 2.75) is 131 Å². The lowest BCUT2D eigenvalue weighted by Gasteiger charge is -2.43. The Balaban J connectivity index is 1.20. The molecular weight excluding hydrogens is 936 g/mol. The van der Waals surface area contributed by atoms with Crippen LogP contribution in [0.25, 0.3) is 22.6 Å². The van der Waals surface area contributed by atoms with Crippen LogP contribution in [0, 0.1) is 0 Å². The van der Waals surface area contributed by atoms with Gasteiger partial charge in [0.05, 0.1) is 5.59 Å². The summed E-state index contributed by atoms with van der Waals surface area (Å²) in [5, 5.41) is 0. The molecule has 0 radical (unpaired) electrons. The average Bonchev–Trinajstić information content (AvgIpc) is 3.97. The van der Waals surface area contributed by atoms with Crippen molar-refractivity contribution >= 4 is 74.6 Å². The van der Waals surface area contributed by atoms with Gasteiger partial charge < -0.3 is 14.2 Å². The number of fused-ring (bicyclic) bond motifs is 4. The fraction of sp³-hybridized carbons (Fsp3) is 0.282. The zero-order valence-electron chi connectivity index (χ0n) is 48.1. The fourth-order valence-corrected chi connectivity index (χ4v) is 11.1. The summed E-state index contributed by atoms with van der Waals surface area (Å²) in [6.45, 7) is 34.3. The first kappa shape index (κ1) is 51.5. The zero-order valence-corrected chi connectivity index (χ0v) is 48.1. The number of nitrogens with zero attached hydrogens (tertiary/aromatic N) is 4. The van der Waals surface area contributed by atoms with E-state index in [4.69, 9.17) is 9.40 Å². The molecule has 0 amide bonds. The van der Waals surface area contributed by atoms with Crippen LogP contribution in [-0.4, -0.2) is 11.7 Å². The number of anilines is 9. The molecule has 388 valence electrons. The van der Waals surface area contributed by atoms with E-state index in [0.29, 0.717) is 5.89 Å². The average molecular weight is 1010 g/mol. The second-order valence-corrected chi connectivity index (χ2v) is 26.7. The predicted molar refractivity (Wildman–Crippen MR) is 330 cm³/mol. The van der Waals surface area contributed by atoms with Gasteiger partial charge in [0.2, 0.25) is 11.8 Å². The number of aromatic nitrogens is 1. The second-order valence-electron chi connectivity index (χ2n) is 26.7. The van der Waals surface area contributed by atoms with Crippen molar-refractivity contribution in [2.24, 2.45) is 0 Å². The first-order valence-electron chi connectivity index (χ1n) is 27.6. The molecule has 3 heterocycles. The summed E-state index contributed by atoms with van der Waals surface area (Å²) in [4.78, 5) is 13.0. The molecule has 77 heavy (non-hydrogen) atoms. The Morgan fingerprint density at radius 1 is 0.377 bits per heavy atom. The van der Waals surface area contributed by atoms with E-state index in [1.54, 1.807) is 0 Å². The summed E-state index contributed by atoms with van der Waals surface area (Å²) in [5.41, 5.74) is 21.3. The van der Waals surface area contributed by atoms with Crippen LogP contribution in [0.1, 0.15) is 132 Å². The highest BCUT2D eigenvalue weighted by molar-refractivity contribution is 6.99. The van der Waals surface area contributed by atoms with E-state index in [0.717, 1.165) is 68.1 Å². The van der Waals surface area contributed by atoms with Crippen molar-refractivity contribution in [3.05, 3.63) is 210 Å². The number of hydrogen-bond acceptors (Lipinski definition) is 5. The van der Waals surface area contributed by atoms with E-state index < -0.39 is 0 Å². The van der Waals surface area contributed by atoms with E-state index in [1.165, 1.54) is 44.3 Å². The number of hydrogen-bond donors (Lipinski definition) is 0. The van der Waals surface area contributed by atoms with Gasteiger partial charge in [-0.3, -0.25) is 4.90 Å².